The molecule has 7 nitrogen and oxygen atoms in total. The molecule has 46 heavy (non-hydrogen) atoms. The second-order valence-electron chi connectivity index (χ2n) is 11.9. The fourth-order valence-corrected chi connectivity index (χ4v) is 6.70. The van der Waals surface area contributed by atoms with Gasteiger partial charge >= 0.3 is 0 Å². The first kappa shape index (κ1) is 31.5. The van der Waals surface area contributed by atoms with E-state index in [1.54, 1.807) is 35.9 Å². The van der Waals surface area contributed by atoms with Crippen LogP contribution in [0, 0.1) is 0 Å². The van der Waals surface area contributed by atoms with Crippen LogP contribution in [0.15, 0.2) is 108 Å². The predicted octanol–water partition coefficient (Wildman–Crippen LogP) is 7.02. The van der Waals surface area contributed by atoms with Crippen molar-refractivity contribution in [3.05, 3.63) is 141 Å². The lowest BCUT2D eigenvalue weighted by Gasteiger charge is -2.39. The average Bonchev–Trinajstić information content (AvgIpc) is 3.09. The Labute approximate surface area is 274 Å². The largest absolute Gasteiger partial charge is 0.497 e. The maximum absolute atomic E-state index is 14.5. The van der Waals surface area contributed by atoms with Gasteiger partial charge in [-0.25, -0.2) is 0 Å². The van der Waals surface area contributed by atoms with E-state index in [0.717, 1.165) is 11.1 Å². The molecule has 2 N–H and O–H groups in total. The third-order valence-corrected chi connectivity index (χ3v) is 9.30. The van der Waals surface area contributed by atoms with Crippen molar-refractivity contribution in [3.8, 4) is 11.4 Å². The molecule has 1 aliphatic rings. The summed E-state index contributed by atoms with van der Waals surface area (Å²) in [6.45, 7) is 3.49. The van der Waals surface area contributed by atoms with Crippen LogP contribution < -0.4 is 15.6 Å². The van der Waals surface area contributed by atoms with Gasteiger partial charge in [0.2, 0.25) is 0 Å². The molecular formula is C38H38ClN3O4. The van der Waals surface area contributed by atoms with Gasteiger partial charge in [0.1, 0.15) is 5.75 Å². The van der Waals surface area contributed by atoms with E-state index >= 15 is 0 Å². The number of carbonyl (C=O) groups excluding carboxylic acids is 1. The van der Waals surface area contributed by atoms with Gasteiger partial charge in [0, 0.05) is 35.4 Å². The van der Waals surface area contributed by atoms with Crippen LogP contribution in [0.25, 0.3) is 16.5 Å². The lowest BCUT2D eigenvalue weighted by Crippen LogP contribution is -2.43. The molecule has 1 saturated heterocycles. The number of piperidine rings is 1. The summed E-state index contributed by atoms with van der Waals surface area (Å²) in [5.41, 5.74) is 2.23. The molecule has 6 rings (SSSR count). The predicted molar refractivity (Wildman–Crippen MR) is 183 cm³/mol. The highest BCUT2D eigenvalue weighted by Gasteiger charge is 2.35. The first-order valence-corrected chi connectivity index (χ1v) is 16.1. The Morgan fingerprint density at radius 1 is 0.935 bits per heavy atom. The summed E-state index contributed by atoms with van der Waals surface area (Å²) in [6.07, 6.45) is 1.68. The summed E-state index contributed by atoms with van der Waals surface area (Å²) in [4.78, 5) is 30.9. The topological polar surface area (TPSA) is 83.8 Å². The number of carbonyl (C=O) groups is 1. The minimum atomic E-state index is -1.01. The van der Waals surface area contributed by atoms with Crippen LogP contribution >= 0.6 is 11.6 Å². The normalized spacial score (nSPS) is 15.4. The fourth-order valence-electron chi connectivity index (χ4n) is 6.52. The number of rotatable bonds is 9. The maximum Gasteiger partial charge on any atom is 0.263 e. The first-order valence-electron chi connectivity index (χ1n) is 15.7. The van der Waals surface area contributed by atoms with Crippen LogP contribution in [0.2, 0.25) is 5.02 Å². The number of hydrogen-bond acceptors (Lipinski definition) is 5. The number of nitrogens with zero attached hydrogens (tertiary/aromatic N) is 2. The van der Waals surface area contributed by atoms with E-state index < -0.39 is 5.60 Å². The molecule has 0 unspecified atom stereocenters. The molecule has 0 saturated carbocycles. The van der Waals surface area contributed by atoms with Crippen LogP contribution in [-0.2, 0) is 12.1 Å². The van der Waals surface area contributed by atoms with Crippen molar-refractivity contribution in [1.29, 1.82) is 0 Å². The van der Waals surface area contributed by atoms with E-state index in [1.165, 1.54) is 0 Å². The van der Waals surface area contributed by atoms with E-state index in [2.05, 4.69) is 10.2 Å². The number of likely N-dealkylation sites (tertiary alicyclic amines) is 1. The van der Waals surface area contributed by atoms with Crippen molar-refractivity contribution in [2.75, 3.05) is 20.2 Å². The van der Waals surface area contributed by atoms with E-state index in [4.69, 9.17) is 16.3 Å². The average molecular weight is 636 g/mol. The van der Waals surface area contributed by atoms with Gasteiger partial charge in [-0.15, -0.1) is 0 Å². The molecule has 8 heteroatoms. The van der Waals surface area contributed by atoms with Gasteiger partial charge in [-0.05, 0) is 66.8 Å². The molecule has 4 aromatic carbocycles. The second-order valence-corrected chi connectivity index (χ2v) is 12.3. The number of fused-ring (bicyclic) bond motifs is 1. The van der Waals surface area contributed by atoms with Gasteiger partial charge in [0.15, 0.2) is 0 Å². The van der Waals surface area contributed by atoms with Crippen molar-refractivity contribution in [1.82, 2.24) is 14.8 Å². The van der Waals surface area contributed by atoms with Crippen molar-refractivity contribution in [3.63, 3.8) is 0 Å². The maximum atomic E-state index is 14.5. The lowest BCUT2D eigenvalue weighted by atomic mass is 9.84. The van der Waals surface area contributed by atoms with E-state index in [1.807, 2.05) is 85.8 Å². The monoisotopic (exact) mass is 635 g/mol. The van der Waals surface area contributed by atoms with E-state index in [-0.39, 0.29) is 17.5 Å². The third kappa shape index (κ3) is 6.31. The number of pyridine rings is 1. The molecule has 2 heterocycles. The summed E-state index contributed by atoms with van der Waals surface area (Å²) in [5, 5.41) is 16.5. The van der Waals surface area contributed by atoms with Crippen molar-refractivity contribution in [2.24, 2.45) is 0 Å². The number of aromatic nitrogens is 1. The number of ether oxygens (including phenoxy) is 1. The van der Waals surface area contributed by atoms with Crippen LogP contribution in [0.1, 0.15) is 59.4 Å². The van der Waals surface area contributed by atoms with Crippen LogP contribution in [0.3, 0.4) is 0 Å². The van der Waals surface area contributed by atoms with Gasteiger partial charge in [-0.3, -0.25) is 19.1 Å². The molecule has 1 aliphatic heterocycles. The number of hydrogen-bond donors (Lipinski definition) is 2. The molecule has 5 aromatic rings. The quantitative estimate of drug-likeness (QED) is 0.182. The number of benzene rings is 4. The highest BCUT2D eigenvalue weighted by atomic mass is 35.5. The van der Waals surface area contributed by atoms with Gasteiger partial charge in [-0.2, -0.15) is 0 Å². The van der Waals surface area contributed by atoms with E-state index in [0.29, 0.717) is 77.4 Å². The number of halogens is 1. The molecule has 1 fully saturated rings. The van der Waals surface area contributed by atoms with Crippen LogP contribution in [0.5, 0.6) is 5.75 Å². The van der Waals surface area contributed by atoms with Crippen molar-refractivity contribution in [2.45, 2.75) is 44.4 Å². The number of aliphatic hydroxyl groups is 1. The Hall–Kier alpha value is -4.43. The number of methoxy groups -OCH3 is 1. The minimum absolute atomic E-state index is 0.209. The van der Waals surface area contributed by atoms with Crippen LogP contribution in [0.4, 0.5) is 0 Å². The molecule has 0 aliphatic carbocycles. The highest BCUT2D eigenvalue weighted by molar-refractivity contribution is 6.30. The molecule has 0 bridgehead atoms. The number of nitrogens with one attached hydrogen (secondary N) is 1. The van der Waals surface area contributed by atoms with Gasteiger partial charge < -0.3 is 15.2 Å². The molecule has 1 aromatic heterocycles. The molecule has 1 atom stereocenters. The number of amides is 1. The Bertz CT molecular complexity index is 1920. The summed E-state index contributed by atoms with van der Waals surface area (Å²) in [6, 6.07) is 31.7. The molecule has 0 spiro atoms. The Morgan fingerprint density at radius 2 is 1.63 bits per heavy atom. The van der Waals surface area contributed by atoms with Crippen molar-refractivity contribution >= 4 is 28.3 Å². The standard InChI is InChI=1S/C38H38ClN3O4/c1-3-33(26-11-5-4-6-12-26)40-36(43)35-31-17-7-8-18-32(31)37(44)42(29-15-10-14-28(39)24-29)34(35)25-41-21-19-38(45,20-22-41)27-13-9-16-30(23-27)46-2/h4-18,23-24,33,45H,3,19-22,25H2,1-2H3,(H,40,43)/t33-/m0/s1. The first-order chi connectivity index (χ1) is 22.3. The summed E-state index contributed by atoms with van der Waals surface area (Å²) >= 11 is 6.44. The highest BCUT2D eigenvalue weighted by Crippen LogP contribution is 2.35. The molecule has 236 valence electrons. The fraction of sp³-hybridized carbons (Fsp3) is 0.263. The summed E-state index contributed by atoms with van der Waals surface area (Å²) in [7, 11) is 1.62. The molecule has 1 amide bonds. The Balaban J connectivity index is 1.43. The molecule has 0 radical (unpaired) electrons. The van der Waals surface area contributed by atoms with Gasteiger partial charge in [0.25, 0.3) is 11.5 Å². The zero-order valence-corrected chi connectivity index (χ0v) is 26.8. The van der Waals surface area contributed by atoms with Crippen LogP contribution in [-0.4, -0.2) is 40.7 Å². The third-order valence-electron chi connectivity index (χ3n) is 9.06. The van der Waals surface area contributed by atoms with Gasteiger partial charge in [-0.1, -0.05) is 85.3 Å². The molecular weight excluding hydrogens is 598 g/mol. The second kappa shape index (κ2) is 13.5. The van der Waals surface area contributed by atoms with E-state index in [9.17, 15) is 14.7 Å². The lowest BCUT2D eigenvalue weighted by molar-refractivity contribution is -0.0282. The van der Waals surface area contributed by atoms with Crippen molar-refractivity contribution < 1.29 is 14.6 Å². The van der Waals surface area contributed by atoms with Gasteiger partial charge in [0.05, 0.1) is 35.7 Å². The zero-order valence-electron chi connectivity index (χ0n) is 26.1. The Morgan fingerprint density at radius 3 is 2.33 bits per heavy atom. The summed E-state index contributed by atoms with van der Waals surface area (Å²) < 4.78 is 7.03. The smallest absolute Gasteiger partial charge is 0.263 e. The summed E-state index contributed by atoms with van der Waals surface area (Å²) in [5.74, 6) is 0.453. The minimum Gasteiger partial charge on any atom is -0.497 e. The zero-order chi connectivity index (χ0) is 32.3. The SMILES string of the molecule is CC[C@H](NC(=O)c1c(CN2CCC(O)(c3cccc(OC)c3)CC2)n(-c2cccc(Cl)c2)c(=O)c2ccccc12)c1ccccc1. The Kier molecular flexibility index (Phi) is 9.27.